The lowest BCUT2D eigenvalue weighted by molar-refractivity contribution is 1.11. The Hall–Kier alpha value is -2.42. The molecule has 0 amide bonds. The number of fused-ring (bicyclic) bond motifs is 3. The van der Waals surface area contributed by atoms with Crippen molar-refractivity contribution in [2.75, 3.05) is 5.73 Å². The van der Waals surface area contributed by atoms with E-state index < -0.39 is 0 Å². The second-order valence-electron chi connectivity index (χ2n) is 4.52. The van der Waals surface area contributed by atoms with E-state index in [0.717, 1.165) is 44.6 Å². The molecule has 2 N–H and O–H groups in total. The van der Waals surface area contributed by atoms with Gasteiger partial charge in [-0.1, -0.05) is 30.4 Å². The number of anilines is 1. The van der Waals surface area contributed by atoms with E-state index in [0.29, 0.717) is 0 Å². The van der Waals surface area contributed by atoms with Crippen molar-refractivity contribution < 1.29 is 0 Å². The molecule has 1 aliphatic heterocycles. The zero-order valence-electron chi connectivity index (χ0n) is 9.72. The predicted octanol–water partition coefficient (Wildman–Crippen LogP) is 1.11. The van der Waals surface area contributed by atoms with Gasteiger partial charge in [-0.25, -0.2) is 9.98 Å². The van der Waals surface area contributed by atoms with Crippen molar-refractivity contribution in [3.63, 3.8) is 0 Å². The van der Waals surface area contributed by atoms with Crippen LogP contribution in [0.2, 0.25) is 0 Å². The predicted molar refractivity (Wildman–Crippen MR) is 70.5 cm³/mol. The Morgan fingerprint density at radius 2 is 2.06 bits per heavy atom. The number of pyridine rings is 1. The van der Waals surface area contributed by atoms with E-state index in [1.54, 1.807) is 0 Å². The summed E-state index contributed by atoms with van der Waals surface area (Å²) in [6.07, 6.45) is 6.96. The van der Waals surface area contributed by atoms with E-state index in [4.69, 9.17) is 5.73 Å². The molecule has 1 aliphatic carbocycles. The summed E-state index contributed by atoms with van der Waals surface area (Å²) in [5, 5.41) is 4.00. The molecule has 0 fully saturated rings. The highest BCUT2D eigenvalue weighted by atomic mass is 14.9. The topological polar surface area (TPSA) is 51.3 Å². The molecule has 86 valence electrons. The van der Waals surface area contributed by atoms with Crippen molar-refractivity contribution in [1.82, 2.24) is 4.98 Å². The molecular formula is C15H11N3. The van der Waals surface area contributed by atoms with Crippen molar-refractivity contribution in [3.05, 3.63) is 63.1 Å². The van der Waals surface area contributed by atoms with Crippen molar-refractivity contribution in [1.29, 1.82) is 0 Å². The molecule has 18 heavy (non-hydrogen) atoms. The molecule has 0 unspecified atom stereocenters. The van der Waals surface area contributed by atoms with Crippen LogP contribution in [0.3, 0.4) is 0 Å². The largest absolute Gasteiger partial charge is 0.398 e. The average molecular weight is 233 g/mol. The quantitative estimate of drug-likeness (QED) is 0.632. The van der Waals surface area contributed by atoms with Crippen molar-refractivity contribution >= 4 is 17.6 Å². The van der Waals surface area contributed by atoms with Gasteiger partial charge in [0.2, 0.25) is 0 Å². The Kier molecular flexibility index (Phi) is 1.75. The number of hydrogen-bond acceptors (Lipinski definition) is 3. The molecule has 2 aliphatic rings. The number of nitrogens with two attached hydrogens (primary N) is 1. The Bertz CT molecular complexity index is 908. The summed E-state index contributed by atoms with van der Waals surface area (Å²) in [4.78, 5) is 9.16. The lowest BCUT2D eigenvalue weighted by Gasteiger charge is -2.08. The summed E-state index contributed by atoms with van der Waals surface area (Å²) in [5.74, 6) is 0.749. The maximum atomic E-state index is 6.32. The first-order chi connectivity index (χ1) is 8.84. The van der Waals surface area contributed by atoms with Gasteiger partial charge in [-0.2, -0.15) is 0 Å². The summed E-state index contributed by atoms with van der Waals surface area (Å²) in [6.45, 7) is 0. The highest BCUT2D eigenvalue weighted by Gasteiger charge is 2.13. The van der Waals surface area contributed by atoms with E-state index in [-0.39, 0.29) is 0 Å². The normalized spacial score (nSPS) is 14.2. The van der Waals surface area contributed by atoms with Crippen LogP contribution in [0.4, 0.5) is 11.5 Å². The minimum atomic E-state index is 0.749. The lowest BCUT2D eigenvalue weighted by Crippen LogP contribution is -2.18. The van der Waals surface area contributed by atoms with Crippen LogP contribution >= 0.6 is 0 Å². The van der Waals surface area contributed by atoms with Gasteiger partial charge in [-0.15, -0.1) is 0 Å². The number of nitrogen functional groups attached to an aromatic ring is 1. The van der Waals surface area contributed by atoms with E-state index in [2.05, 4.69) is 22.1 Å². The van der Waals surface area contributed by atoms with Gasteiger partial charge in [0.25, 0.3) is 0 Å². The maximum Gasteiger partial charge on any atom is 0.163 e. The molecule has 2 aromatic rings. The van der Waals surface area contributed by atoms with Crippen LogP contribution in [0, 0.1) is 10.4 Å². The summed E-state index contributed by atoms with van der Waals surface area (Å²) in [7, 11) is 0. The standard InChI is InChI=1S/C15H11N3/c16-14-10-6-2-4-8-12(10)18-15-13(14)9-5-1-3-7-11(9)17-15/h1-5,7-8H,6,16H2. The van der Waals surface area contributed by atoms with Gasteiger partial charge in [-0.3, -0.25) is 0 Å². The number of aromatic nitrogens is 1. The number of para-hydroxylation sites is 1. The van der Waals surface area contributed by atoms with Crippen molar-refractivity contribution in [3.8, 4) is 0 Å². The summed E-state index contributed by atoms with van der Waals surface area (Å²) < 4.78 is 0. The smallest absolute Gasteiger partial charge is 0.163 e. The summed E-state index contributed by atoms with van der Waals surface area (Å²) in [6, 6.07) is 8.04. The highest BCUT2D eigenvalue weighted by molar-refractivity contribution is 5.61. The fourth-order valence-electron chi connectivity index (χ4n) is 2.59. The van der Waals surface area contributed by atoms with Crippen LogP contribution in [-0.2, 0) is 6.42 Å². The van der Waals surface area contributed by atoms with Crippen LogP contribution in [-0.4, -0.2) is 4.98 Å². The van der Waals surface area contributed by atoms with Gasteiger partial charge < -0.3 is 5.73 Å². The number of allylic oxidation sites excluding steroid dienone is 2. The minimum absolute atomic E-state index is 0.749. The number of benzene rings is 1. The molecule has 1 aromatic heterocycles. The first-order valence-electron chi connectivity index (χ1n) is 5.98. The molecule has 0 atom stereocenters. The second-order valence-corrected chi connectivity index (χ2v) is 4.52. The SMILES string of the molecule is Nc1c2c(nc3c1=c1ccccc1=N3)=CC=CC2. The zero-order valence-corrected chi connectivity index (χ0v) is 9.72. The lowest BCUT2D eigenvalue weighted by atomic mass is 10.0. The minimum Gasteiger partial charge on any atom is -0.398 e. The molecule has 3 heteroatoms. The Morgan fingerprint density at radius 3 is 3.00 bits per heavy atom. The van der Waals surface area contributed by atoms with Gasteiger partial charge in [0.1, 0.15) is 0 Å². The van der Waals surface area contributed by atoms with Crippen molar-refractivity contribution in [2.24, 2.45) is 4.99 Å². The van der Waals surface area contributed by atoms with E-state index in [9.17, 15) is 0 Å². The Labute approximate surface area is 103 Å². The van der Waals surface area contributed by atoms with E-state index >= 15 is 0 Å². The molecule has 1 aromatic carbocycles. The van der Waals surface area contributed by atoms with Gasteiger partial charge in [-0.05, 0) is 18.6 Å². The third kappa shape index (κ3) is 1.13. The van der Waals surface area contributed by atoms with Crippen LogP contribution in [0.5, 0.6) is 0 Å². The van der Waals surface area contributed by atoms with Gasteiger partial charge in [0.05, 0.1) is 15.9 Å². The average Bonchev–Trinajstić information content (AvgIpc) is 2.77. The number of rotatable bonds is 0. The first kappa shape index (κ1) is 9.59. The van der Waals surface area contributed by atoms with E-state index in [1.165, 1.54) is 0 Å². The Morgan fingerprint density at radius 1 is 1.17 bits per heavy atom. The van der Waals surface area contributed by atoms with Crippen LogP contribution in [0.1, 0.15) is 5.56 Å². The monoisotopic (exact) mass is 233 g/mol. The molecular weight excluding hydrogens is 222 g/mol. The molecule has 0 saturated carbocycles. The van der Waals surface area contributed by atoms with Gasteiger partial charge in [0.15, 0.2) is 5.82 Å². The molecule has 0 saturated heterocycles. The molecule has 0 bridgehead atoms. The fourth-order valence-corrected chi connectivity index (χ4v) is 2.59. The van der Waals surface area contributed by atoms with Gasteiger partial charge in [0, 0.05) is 16.5 Å². The van der Waals surface area contributed by atoms with Crippen LogP contribution in [0.25, 0.3) is 6.08 Å². The first-order valence-corrected chi connectivity index (χ1v) is 5.98. The number of hydrogen-bond donors (Lipinski definition) is 1. The summed E-state index contributed by atoms with van der Waals surface area (Å²) >= 11 is 0. The highest BCUT2D eigenvalue weighted by Crippen LogP contribution is 2.22. The zero-order chi connectivity index (χ0) is 12.1. The molecule has 0 radical (unpaired) electrons. The van der Waals surface area contributed by atoms with E-state index in [1.807, 2.05) is 30.4 Å². The van der Waals surface area contributed by atoms with Crippen LogP contribution < -0.4 is 16.4 Å². The maximum absolute atomic E-state index is 6.32. The molecule has 2 heterocycles. The summed E-state index contributed by atoms with van der Waals surface area (Å²) in [5.41, 5.74) is 8.25. The van der Waals surface area contributed by atoms with Gasteiger partial charge >= 0.3 is 0 Å². The third-order valence-corrected chi connectivity index (χ3v) is 3.47. The molecule has 3 nitrogen and oxygen atoms in total. The Balaban J connectivity index is 2.30. The molecule has 4 rings (SSSR count). The molecule has 0 spiro atoms. The number of nitrogens with zero attached hydrogens (tertiary/aromatic N) is 2. The second kappa shape index (κ2) is 3.29. The van der Waals surface area contributed by atoms with Crippen LogP contribution in [0.15, 0.2) is 41.4 Å². The third-order valence-electron chi connectivity index (χ3n) is 3.47. The fraction of sp³-hybridized carbons (Fsp3) is 0.0667. The van der Waals surface area contributed by atoms with Crippen molar-refractivity contribution in [2.45, 2.75) is 6.42 Å².